The average molecular weight is 334 g/mol. The molecule has 6 nitrogen and oxygen atoms in total. The van der Waals surface area contributed by atoms with Gasteiger partial charge in [-0.05, 0) is 26.3 Å². The van der Waals surface area contributed by atoms with Crippen molar-refractivity contribution in [3.05, 3.63) is 35.4 Å². The molecule has 6 heteroatoms. The molecule has 0 bridgehead atoms. The molecule has 0 spiro atoms. The lowest BCUT2D eigenvalue weighted by atomic mass is 10.0. The van der Waals surface area contributed by atoms with E-state index in [1.165, 1.54) is 0 Å². The van der Waals surface area contributed by atoms with Gasteiger partial charge in [0.1, 0.15) is 0 Å². The number of ether oxygens (including phenoxy) is 1. The van der Waals surface area contributed by atoms with E-state index in [4.69, 9.17) is 9.84 Å². The Hall–Kier alpha value is -2.08. The van der Waals surface area contributed by atoms with Gasteiger partial charge in [0, 0.05) is 19.6 Å². The fourth-order valence-electron chi connectivity index (χ4n) is 2.89. The maximum Gasteiger partial charge on any atom is 0.320 e. The maximum absolute atomic E-state index is 13.0. The summed E-state index contributed by atoms with van der Waals surface area (Å²) >= 11 is 0. The summed E-state index contributed by atoms with van der Waals surface area (Å²) in [5.74, 6) is -0.904. The van der Waals surface area contributed by atoms with Crippen LogP contribution in [0.2, 0.25) is 0 Å². The topological polar surface area (TPSA) is 70.1 Å². The van der Waals surface area contributed by atoms with Crippen molar-refractivity contribution in [1.29, 1.82) is 0 Å². The Balaban J connectivity index is 2.17. The normalized spacial score (nSPS) is 16.7. The number of benzene rings is 1. The van der Waals surface area contributed by atoms with E-state index in [1.807, 2.05) is 45.0 Å². The highest BCUT2D eigenvalue weighted by Gasteiger charge is 2.36. The van der Waals surface area contributed by atoms with Crippen LogP contribution in [0.1, 0.15) is 31.4 Å². The summed E-state index contributed by atoms with van der Waals surface area (Å²) in [4.78, 5) is 27.4. The fourth-order valence-corrected chi connectivity index (χ4v) is 2.89. The van der Waals surface area contributed by atoms with Gasteiger partial charge in [-0.15, -0.1) is 0 Å². The largest absolute Gasteiger partial charge is 0.481 e. The van der Waals surface area contributed by atoms with Crippen LogP contribution in [0.3, 0.4) is 0 Å². The summed E-state index contributed by atoms with van der Waals surface area (Å²) in [5, 5.41) is 9.00. The Morgan fingerprint density at radius 1 is 1.38 bits per heavy atom. The van der Waals surface area contributed by atoms with Gasteiger partial charge in [-0.1, -0.05) is 29.8 Å². The second-order valence-electron chi connectivity index (χ2n) is 6.85. The second-order valence-corrected chi connectivity index (χ2v) is 6.85. The van der Waals surface area contributed by atoms with E-state index < -0.39 is 11.5 Å². The average Bonchev–Trinajstić information content (AvgIpc) is 2.50. The Labute approximate surface area is 143 Å². The lowest BCUT2D eigenvalue weighted by Crippen LogP contribution is -2.59. The van der Waals surface area contributed by atoms with Gasteiger partial charge >= 0.3 is 12.0 Å². The van der Waals surface area contributed by atoms with Crippen LogP contribution in [0.5, 0.6) is 0 Å². The monoisotopic (exact) mass is 334 g/mol. The third-order valence-corrected chi connectivity index (χ3v) is 4.20. The Morgan fingerprint density at radius 2 is 2.12 bits per heavy atom. The smallest absolute Gasteiger partial charge is 0.320 e. The molecular formula is C18H26N2O4. The molecule has 1 aromatic carbocycles. The Kier molecular flexibility index (Phi) is 5.83. The van der Waals surface area contributed by atoms with Crippen LogP contribution < -0.4 is 0 Å². The van der Waals surface area contributed by atoms with Crippen molar-refractivity contribution in [2.75, 3.05) is 26.3 Å². The molecule has 0 aromatic heterocycles. The third-order valence-electron chi connectivity index (χ3n) is 4.20. The van der Waals surface area contributed by atoms with Crippen LogP contribution in [0.25, 0.3) is 0 Å². The molecule has 0 saturated carbocycles. The van der Waals surface area contributed by atoms with E-state index in [0.717, 1.165) is 11.1 Å². The number of aliphatic carboxylic acids is 1. The molecule has 1 heterocycles. The summed E-state index contributed by atoms with van der Waals surface area (Å²) < 4.78 is 5.47. The first-order valence-corrected chi connectivity index (χ1v) is 8.21. The summed E-state index contributed by atoms with van der Waals surface area (Å²) in [7, 11) is 0. The number of carbonyl (C=O) groups excluding carboxylic acids is 1. The van der Waals surface area contributed by atoms with Gasteiger partial charge in [0.25, 0.3) is 0 Å². The standard InChI is InChI=1S/C18H26N2O4/c1-14-5-4-6-15(11-14)12-19(8-7-16(21)22)17(23)20-9-10-24-13-18(20,2)3/h4-6,11H,7-10,12-13H2,1-3H3,(H,21,22). The molecule has 1 fully saturated rings. The number of carbonyl (C=O) groups is 2. The van der Waals surface area contributed by atoms with Crippen molar-refractivity contribution in [3.63, 3.8) is 0 Å². The number of rotatable bonds is 5. The molecule has 1 N–H and O–H groups in total. The molecule has 1 aliphatic rings. The molecular weight excluding hydrogens is 308 g/mol. The minimum Gasteiger partial charge on any atom is -0.481 e. The van der Waals surface area contributed by atoms with Crippen molar-refractivity contribution in [1.82, 2.24) is 9.80 Å². The van der Waals surface area contributed by atoms with Crippen LogP contribution in [0.15, 0.2) is 24.3 Å². The van der Waals surface area contributed by atoms with E-state index in [1.54, 1.807) is 9.80 Å². The van der Waals surface area contributed by atoms with E-state index in [9.17, 15) is 9.59 Å². The zero-order valence-corrected chi connectivity index (χ0v) is 14.6. The van der Waals surface area contributed by atoms with E-state index >= 15 is 0 Å². The molecule has 0 atom stereocenters. The molecule has 0 aliphatic carbocycles. The molecule has 2 rings (SSSR count). The Bertz CT molecular complexity index is 600. The van der Waals surface area contributed by atoms with Gasteiger partial charge in [-0.3, -0.25) is 4.79 Å². The number of hydrogen-bond acceptors (Lipinski definition) is 3. The van der Waals surface area contributed by atoms with Crippen LogP contribution >= 0.6 is 0 Å². The second kappa shape index (κ2) is 7.66. The van der Waals surface area contributed by atoms with Crippen LogP contribution in [-0.4, -0.2) is 58.7 Å². The van der Waals surface area contributed by atoms with Gasteiger partial charge < -0.3 is 19.6 Å². The summed E-state index contributed by atoms with van der Waals surface area (Å²) in [6, 6.07) is 7.79. The van der Waals surface area contributed by atoms with E-state index in [-0.39, 0.29) is 19.0 Å². The third kappa shape index (κ3) is 4.71. The number of hydrogen-bond donors (Lipinski definition) is 1. The predicted octanol–water partition coefficient (Wildman–Crippen LogP) is 2.50. The zero-order chi connectivity index (χ0) is 17.7. The number of nitrogens with zero attached hydrogens (tertiary/aromatic N) is 2. The minimum atomic E-state index is -0.904. The van der Waals surface area contributed by atoms with Gasteiger partial charge in [-0.25, -0.2) is 4.79 Å². The van der Waals surface area contributed by atoms with Crippen LogP contribution in [-0.2, 0) is 16.1 Å². The lowest BCUT2D eigenvalue weighted by Gasteiger charge is -2.44. The van der Waals surface area contributed by atoms with Crippen LogP contribution in [0.4, 0.5) is 4.79 Å². The predicted molar refractivity (Wildman–Crippen MR) is 90.8 cm³/mol. The van der Waals surface area contributed by atoms with Crippen LogP contribution in [0, 0.1) is 6.92 Å². The first kappa shape index (κ1) is 18.3. The molecule has 1 aliphatic heterocycles. The van der Waals surface area contributed by atoms with E-state index in [0.29, 0.717) is 26.3 Å². The maximum atomic E-state index is 13.0. The number of carboxylic acids is 1. The number of aryl methyl sites for hydroxylation is 1. The summed E-state index contributed by atoms with van der Waals surface area (Å²) in [6.07, 6.45) is -0.0671. The summed E-state index contributed by atoms with van der Waals surface area (Å²) in [5.41, 5.74) is 1.72. The number of urea groups is 1. The first-order valence-electron chi connectivity index (χ1n) is 8.21. The number of carboxylic acid groups (broad SMARTS) is 1. The molecule has 2 amide bonds. The van der Waals surface area contributed by atoms with Crippen molar-refractivity contribution in [2.45, 2.75) is 39.3 Å². The van der Waals surface area contributed by atoms with E-state index in [2.05, 4.69) is 0 Å². The number of morpholine rings is 1. The van der Waals surface area contributed by atoms with Crippen molar-refractivity contribution >= 4 is 12.0 Å². The van der Waals surface area contributed by atoms with Crippen molar-refractivity contribution in [2.24, 2.45) is 0 Å². The van der Waals surface area contributed by atoms with Crippen molar-refractivity contribution < 1.29 is 19.4 Å². The highest BCUT2D eigenvalue weighted by atomic mass is 16.5. The Morgan fingerprint density at radius 3 is 2.75 bits per heavy atom. The van der Waals surface area contributed by atoms with Gasteiger partial charge in [-0.2, -0.15) is 0 Å². The minimum absolute atomic E-state index is 0.0671. The molecule has 1 aromatic rings. The lowest BCUT2D eigenvalue weighted by molar-refractivity contribution is -0.137. The molecule has 24 heavy (non-hydrogen) atoms. The quantitative estimate of drug-likeness (QED) is 0.898. The zero-order valence-electron chi connectivity index (χ0n) is 14.6. The highest BCUT2D eigenvalue weighted by molar-refractivity contribution is 5.76. The molecule has 0 unspecified atom stereocenters. The molecule has 0 radical (unpaired) electrons. The fraction of sp³-hybridized carbons (Fsp3) is 0.556. The summed E-state index contributed by atoms with van der Waals surface area (Å²) in [6.45, 7) is 8.03. The van der Waals surface area contributed by atoms with Gasteiger partial charge in [0.15, 0.2) is 0 Å². The SMILES string of the molecule is Cc1cccc(CN(CCC(=O)O)C(=O)N2CCOCC2(C)C)c1. The number of amides is 2. The van der Waals surface area contributed by atoms with Crippen molar-refractivity contribution in [3.8, 4) is 0 Å². The van der Waals surface area contributed by atoms with Gasteiger partial charge in [0.2, 0.25) is 0 Å². The molecule has 1 saturated heterocycles. The molecule has 132 valence electrons. The first-order chi connectivity index (χ1) is 11.3. The van der Waals surface area contributed by atoms with Gasteiger partial charge in [0.05, 0.1) is 25.2 Å². The highest BCUT2D eigenvalue weighted by Crippen LogP contribution is 2.22.